The summed E-state index contributed by atoms with van der Waals surface area (Å²) in [5.41, 5.74) is 0.900. The molecule has 0 aromatic rings. The van der Waals surface area contributed by atoms with E-state index in [2.05, 4.69) is 22.6 Å². The molecule has 1 saturated heterocycles. The number of carbonyl (C=O) groups excluding carboxylic acids is 1. The molecule has 72 valence electrons. The van der Waals surface area contributed by atoms with Crippen LogP contribution in [0.5, 0.6) is 0 Å². The smallest absolute Gasteiger partial charge is 0.125 e. The molecule has 0 amide bonds. The van der Waals surface area contributed by atoms with Gasteiger partial charge in [-0.3, -0.25) is 0 Å². The van der Waals surface area contributed by atoms with Crippen molar-refractivity contribution in [3.63, 3.8) is 0 Å². The van der Waals surface area contributed by atoms with E-state index in [9.17, 15) is 4.79 Å². The normalized spacial score (nSPS) is 56.4. The van der Waals surface area contributed by atoms with E-state index in [4.69, 9.17) is 4.74 Å². The van der Waals surface area contributed by atoms with Gasteiger partial charge < -0.3 is 9.53 Å². The maximum Gasteiger partial charge on any atom is 0.125 e. The first-order valence-electron chi connectivity index (χ1n) is 4.95. The van der Waals surface area contributed by atoms with E-state index in [-0.39, 0.29) is 3.61 Å². The molecular formula is C10H13IO2. The Bertz CT molecular complexity index is 276. The molecule has 0 aromatic carbocycles. The molecule has 3 atom stereocenters. The number of alkyl halides is 1. The van der Waals surface area contributed by atoms with Crippen molar-refractivity contribution < 1.29 is 9.53 Å². The number of carbonyl (C=O) groups is 1. The molecule has 3 fully saturated rings. The highest BCUT2D eigenvalue weighted by atomic mass is 127. The van der Waals surface area contributed by atoms with E-state index in [0.717, 1.165) is 25.7 Å². The molecule has 1 spiro atoms. The van der Waals surface area contributed by atoms with E-state index in [1.165, 1.54) is 19.3 Å². The van der Waals surface area contributed by atoms with Crippen LogP contribution in [0.1, 0.15) is 32.1 Å². The van der Waals surface area contributed by atoms with Crippen LogP contribution in [-0.2, 0) is 9.53 Å². The molecule has 3 aliphatic rings. The van der Waals surface area contributed by atoms with Crippen LogP contribution in [0.25, 0.3) is 0 Å². The highest BCUT2D eigenvalue weighted by Crippen LogP contribution is 2.85. The number of halogens is 1. The van der Waals surface area contributed by atoms with Gasteiger partial charge in [0.25, 0.3) is 0 Å². The fourth-order valence-electron chi connectivity index (χ4n) is 3.43. The molecule has 13 heavy (non-hydrogen) atoms. The van der Waals surface area contributed by atoms with Gasteiger partial charge in [0.05, 0.1) is 6.61 Å². The van der Waals surface area contributed by atoms with Crippen LogP contribution in [0.15, 0.2) is 0 Å². The van der Waals surface area contributed by atoms with Gasteiger partial charge in [-0.05, 0) is 48.3 Å². The summed E-state index contributed by atoms with van der Waals surface area (Å²) in [4.78, 5) is 10.4. The van der Waals surface area contributed by atoms with Crippen molar-refractivity contribution in [3.8, 4) is 0 Å². The Kier molecular flexibility index (Phi) is 1.53. The lowest BCUT2D eigenvalue weighted by Crippen LogP contribution is -2.43. The van der Waals surface area contributed by atoms with Crippen LogP contribution in [-0.4, -0.2) is 16.5 Å². The van der Waals surface area contributed by atoms with Gasteiger partial charge in [0.2, 0.25) is 0 Å². The lowest BCUT2D eigenvalue weighted by Gasteiger charge is -2.43. The summed E-state index contributed by atoms with van der Waals surface area (Å²) >= 11 is 2.49. The second kappa shape index (κ2) is 2.30. The van der Waals surface area contributed by atoms with Gasteiger partial charge >= 0.3 is 0 Å². The van der Waals surface area contributed by atoms with Gasteiger partial charge in [-0.1, -0.05) is 0 Å². The summed E-state index contributed by atoms with van der Waals surface area (Å²) in [6, 6.07) is 0. The Morgan fingerprint density at radius 2 is 2.31 bits per heavy atom. The van der Waals surface area contributed by atoms with Crippen LogP contribution in [0.2, 0.25) is 0 Å². The number of hydrogen-bond acceptors (Lipinski definition) is 2. The average Bonchev–Trinajstić information content (AvgIpc) is 2.78. The van der Waals surface area contributed by atoms with Crippen molar-refractivity contribution in [2.45, 2.75) is 35.7 Å². The predicted octanol–water partition coefficient (Wildman–Crippen LogP) is 2.30. The van der Waals surface area contributed by atoms with Crippen LogP contribution in [0.4, 0.5) is 0 Å². The third kappa shape index (κ3) is 0.775. The quantitative estimate of drug-likeness (QED) is 0.453. The summed E-state index contributed by atoms with van der Waals surface area (Å²) < 4.78 is 6.02. The molecule has 2 nitrogen and oxygen atoms in total. The van der Waals surface area contributed by atoms with Crippen molar-refractivity contribution in [1.82, 2.24) is 0 Å². The first-order valence-corrected chi connectivity index (χ1v) is 6.03. The minimum atomic E-state index is 0.160. The lowest BCUT2D eigenvalue weighted by atomic mass is 9.73. The molecule has 2 saturated carbocycles. The van der Waals surface area contributed by atoms with Crippen LogP contribution >= 0.6 is 22.6 Å². The van der Waals surface area contributed by atoms with Gasteiger partial charge in [-0.25, -0.2) is 0 Å². The van der Waals surface area contributed by atoms with Crippen LogP contribution in [0.3, 0.4) is 0 Å². The Labute approximate surface area is 91.5 Å². The fraction of sp³-hybridized carbons (Fsp3) is 0.900. The van der Waals surface area contributed by atoms with E-state index in [1.54, 1.807) is 0 Å². The first kappa shape index (κ1) is 8.65. The summed E-state index contributed by atoms with van der Waals surface area (Å²) in [5.74, 6) is 0. The lowest BCUT2D eigenvalue weighted by molar-refractivity contribution is -0.108. The molecule has 2 aliphatic carbocycles. The van der Waals surface area contributed by atoms with Crippen molar-refractivity contribution in [2.75, 3.05) is 6.61 Å². The SMILES string of the molecule is O=CCCC12COC3(I)CCC13C2. The topological polar surface area (TPSA) is 26.3 Å². The zero-order valence-corrected chi connectivity index (χ0v) is 9.67. The minimum absolute atomic E-state index is 0.160. The monoisotopic (exact) mass is 292 g/mol. The van der Waals surface area contributed by atoms with Gasteiger partial charge in [-0.15, -0.1) is 0 Å². The Hall–Kier alpha value is 0.360. The Balaban J connectivity index is 1.80. The van der Waals surface area contributed by atoms with Crippen LogP contribution < -0.4 is 0 Å². The van der Waals surface area contributed by atoms with Crippen molar-refractivity contribution in [1.29, 1.82) is 0 Å². The van der Waals surface area contributed by atoms with Gasteiger partial charge in [0.1, 0.15) is 9.89 Å². The standard InChI is InChI=1S/C10H13IO2/c11-10-4-3-9(10)6-8(9,7-13-10)2-1-5-12/h5H,1-4,6-7H2. The third-order valence-corrected chi connectivity index (χ3v) is 6.32. The molecule has 3 rings (SSSR count). The Morgan fingerprint density at radius 3 is 2.77 bits per heavy atom. The molecule has 0 radical (unpaired) electrons. The van der Waals surface area contributed by atoms with E-state index >= 15 is 0 Å². The number of ether oxygens (including phenoxy) is 1. The second-order valence-electron chi connectivity index (χ2n) is 4.76. The zero-order valence-electron chi connectivity index (χ0n) is 7.51. The molecule has 3 heteroatoms. The number of rotatable bonds is 3. The summed E-state index contributed by atoms with van der Waals surface area (Å²) in [6.07, 6.45) is 6.69. The summed E-state index contributed by atoms with van der Waals surface area (Å²) in [6.45, 7) is 0.907. The summed E-state index contributed by atoms with van der Waals surface area (Å²) in [5, 5.41) is 0. The molecule has 1 aliphatic heterocycles. The maximum atomic E-state index is 10.4. The molecule has 0 N–H and O–H groups in total. The number of aldehydes is 1. The fourth-order valence-corrected chi connectivity index (χ4v) is 4.88. The largest absolute Gasteiger partial charge is 0.363 e. The minimum Gasteiger partial charge on any atom is -0.363 e. The van der Waals surface area contributed by atoms with Crippen molar-refractivity contribution in [2.24, 2.45) is 10.8 Å². The van der Waals surface area contributed by atoms with E-state index in [0.29, 0.717) is 10.8 Å². The molecule has 3 unspecified atom stereocenters. The average molecular weight is 292 g/mol. The Morgan fingerprint density at radius 1 is 1.46 bits per heavy atom. The molecule has 0 bridgehead atoms. The third-order valence-electron chi connectivity index (χ3n) is 4.44. The zero-order chi connectivity index (χ0) is 9.16. The molecular weight excluding hydrogens is 279 g/mol. The highest BCUT2D eigenvalue weighted by molar-refractivity contribution is 14.1. The van der Waals surface area contributed by atoms with E-state index in [1.807, 2.05) is 0 Å². The van der Waals surface area contributed by atoms with Gasteiger partial charge in [-0.2, -0.15) is 0 Å². The van der Waals surface area contributed by atoms with Crippen molar-refractivity contribution in [3.05, 3.63) is 0 Å². The van der Waals surface area contributed by atoms with Gasteiger partial charge in [0, 0.05) is 17.3 Å². The number of hydrogen-bond donors (Lipinski definition) is 0. The predicted molar refractivity (Wildman–Crippen MR) is 56.7 cm³/mol. The maximum absolute atomic E-state index is 10.4. The van der Waals surface area contributed by atoms with Crippen molar-refractivity contribution >= 4 is 28.9 Å². The molecule has 0 aromatic heterocycles. The highest BCUT2D eigenvalue weighted by Gasteiger charge is 2.83. The van der Waals surface area contributed by atoms with E-state index < -0.39 is 0 Å². The second-order valence-corrected chi connectivity index (χ2v) is 6.50. The molecule has 1 heterocycles. The first-order chi connectivity index (χ1) is 6.18. The summed E-state index contributed by atoms with van der Waals surface area (Å²) in [7, 11) is 0. The van der Waals surface area contributed by atoms with Crippen LogP contribution in [0, 0.1) is 10.8 Å². The van der Waals surface area contributed by atoms with Gasteiger partial charge in [0.15, 0.2) is 0 Å².